The van der Waals surface area contributed by atoms with Crippen LogP contribution in [0, 0.1) is 0 Å². The maximum Gasteiger partial charge on any atom is 0.500 e. The molecule has 100 valence electrons. The van der Waals surface area contributed by atoms with E-state index < -0.39 is 8.80 Å². The van der Waals surface area contributed by atoms with Gasteiger partial charge in [-0.25, -0.2) is 0 Å². The normalized spacial score (nSPS) is 11.8. The molecule has 0 rings (SSSR count). The molecule has 0 aliphatic carbocycles. The SMILES string of the molecule is C=CCC(CC=C)O[Si](CCCN)(OC)OC. The molecule has 4 nitrogen and oxygen atoms in total. The van der Waals surface area contributed by atoms with Gasteiger partial charge in [0.1, 0.15) is 0 Å². The monoisotopic (exact) mass is 259 g/mol. The van der Waals surface area contributed by atoms with Crippen molar-refractivity contribution in [3.63, 3.8) is 0 Å². The van der Waals surface area contributed by atoms with Gasteiger partial charge in [0, 0.05) is 20.3 Å². The molecule has 2 N–H and O–H groups in total. The van der Waals surface area contributed by atoms with E-state index in [0.29, 0.717) is 6.54 Å². The van der Waals surface area contributed by atoms with Crippen molar-refractivity contribution in [2.75, 3.05) is 20.8 Å². The number of rotatable bonds is 11. The Morgan fingerprint density at radius 2 is 1.71 bits per heavy atom. The molecule has 0 aromatic rings. The highest BCUT2D eigenvalue weighted by atomic mass is 28.4. The van der Waals surface area contributed by atoms with Crippen molar-refractivity contribution >= 4 is 8.80 Å². The molecule has 0 unspecified atom stereocenters. The van der Waals surface area contributed by atoms with E-state index in [1.807, 2.05) is 12.2 Å². The van der Waals surface area contributed by atoms with Crippen LogP contribution in [0.3, 0.4) is 0 Å². The van der Waals surface area contributed by atoms with Crippen molar-refractivity contribution in [1.29, 1.82) is 0 Å². The lowest BCUT2D eigenvalue weighted by molar-refractivity contribution is 0.0570. The van der Waals surface area contributed by atoms with Crippen LogP contribution < -0.4 is 5.73 Å². The summed E-state index contributed by atoms with van der Waals surface area (Å²) < 4.78 is 17.0. The fraction of sp³-hybridized carbons (Fsp3) is 0.667. The fourth-order valence-corrected chi connectivity index (χ4v) is 3.80. The van der Waals surface area contributed by atoms with Crippen LogP contribution in [0.25, 0.3) is 0 Å². The molecule has 0 radical (unpaired) electrons. The van der Waals surface area contributed by atoms with Crippen molar-refractivity contribution in [3.8, 4) is 0 Å². The summed E-state index contributed by atoms with van der Waals surface area (Å²) in [5, 5.41) is 0. The van der Waals surface area contributed by atoms with Crippen LogP contribution >= 0.6 is 0 Å². The van der Waals surface area contributed by atoms with Crippen molar-refractivity contribution < 1.29 is 13.3 Å². The largest absolute Gasteiger partial charge is 0.500 e. The van der Waals surface area contributed by atoms with Gasteiger partial charge in [-0.1, -0.05) is 12.2 Å². The molecule has 5 heteroatoms. The van der Waals surface area contributed by atoms with Crippen LogP contribution in [0.1, 0.15) is 19.3 Å². The summed E-state index contributed by atoms with van der Waals surface area (Å²) in [4.78, 5) is 0. The predicted octanol–water partition coefficient (Wildman–Crippen LogP) is 2.10. The van der Waals surface area contributed by atoms with Gasteiger partial charge in [0.2, 0.25) is 0 Å². The van der Waals surface area contributed by atoms with E-state index in [9.17, 15) is 0 Å². The molecule has 0 saturated carbocycles. The Hall–Kier alpha value is -0.463. The highest BCUT2D eigenvalue weighted by Crippen LogP contribution is 2.21. The number of hydrogen-bond acceptors (Lipinski definition) is 4. The van der Waals surface area contributed by atoms with Gasteiger partial charge in [0.15, 0.2) is 0 Å². The third-order valence-electron chi connectivity index (χ3n) is 2.51. The van der Waals surface area contributed by atoms with E-state index in [0.717, 1.165) is 25.3 Å². The van der Waals surface area contributed by atoms with Crippen LogP contribution in [0.15, 0.2) is 25.3 Å². The number of nitrogens with two attached hydrogens (primary N) is 1. The Bertz CT molecular complexity index is 210. The maximum absolute atomic E-state index is 6.02. The smallest absolute Gasteiger partial charge is 0.377 e. The second-order valence-electron chi connectivity index (χ2n) is 3.77. The molecule has 0 aromatic heterocycles. The average molecular weight is 259 g/mol. The third kappa shape index (κ3) is 6.14. The van der Waals surface area contributed by atoms with Crippen molar-refractivity contribution in [2.24, 2.45) is 5.73 Å². The van der Waals surface area contributed by atoms with Gasteiger partial charge in [0.05, 0.1) is 6.10 Å². The molecule has 0 aliphatic rings. The summed E-state index contributed by atoms with van der Waals surface area (Å²) in [5.74, 6) is 0. The standard InChI is InChI=1S/C12H25NO3Si/c1-5-8-12(9-6-2)16-17(14-3,15-4)11-7-10-13/h5-6,12H,1-2,7-11,13H2,3-4H3. The Balaban J connectivity index is 4.54. The van der Waals surface area contributed by atoms with E-state index in [2.05, 4.69) is 13.2 Å². The van der Waals surface area contributed by atoms with Crippen molar-refractivity contribution in [2.45, 2.75) is 31.4 Å². The Morgan fingerprint density at radius 1 is 1.18 bits per heavy atom. The summed E-state index contributed by atoms with van der Waals surface area (Å²) >= 11 is 0. The molecular weight excluding hydrogens is 234 g/mol. The van der Waals surface area contributed by atoms with Crippen LogP contribution in [0.5, 0.6) is 0 Å². The Kier molecular flexibility index (Phi) is 9.29. The first-order chi connectivity index (χ1) is 8.17. The van der Waals surface area contributed by atoms with Crippen LogP contribution in [0.2, 0.25) is 6.04 Å². The van der Waals surface area contributed by atoms with Crippen LogP contribution in [-0.4, -0.2) is 35.7 Å². The predicted molar refractivity (Wildman–Crippen MR) is 72.8 cm³/mol. The van der Waals surface area contributed by atoms with Gasteiger partial charge < -0.3 is 19.0 Å². The highest BCUT2D eigenvalue weighted by molar-refractivity contribution is 6.60. The van der Waals surface area contributed by atoms with Gasteiger partial charge in [0.25, 0.3) is 0 Å². The summed E-state index contributed by atoms with van der Waals surface area (Å²) in [6, 6.07) is 0.737. The molecule has 0 atom stereocenters. The summed E-state index contributed by atoms with van der Waals surface area (Å²) in [6.07, 6.45) is 6.05. The molecule has 0 aliphatic heterocycles. The third-order valence-corrected chi connectivity index (χ3v) is 5.42. The average Bonchev–Trinajstić information content (AvgIpc) is 2.35. The molecule has 0 saturated heterocycles. The molecular formula is C12H25NO3Si. The minimum atomic E-state index is -2.58. The molecule has 17 heavy (non-hydrogen) atoms. The number of hydrogen-bond donors (Lipinski definition) is 1. The minimum Gasteiger partial charge on any atom is -0.377 e. The lowest BCUT2D eigenvalue weighted by Gasteiger charge is -2.30. The molecule has 0 spiro atoms. The first-order valence-corrected chi connectivity index (χ1v) is 7.81. The van der Waals surface area contributed by atoms with Gasteiger partial charge in [-0.3, -0.25) is 0 Å². The lowest BCUT2D eigenvalue weighted by Crippen LogP contribution is -2.46. The van der Waals surface area contributed by atoms with Gasteiger partial charge in [-0.05, 0) is 25.8 Å². The molecule has 0 amide bonds. The van der Waals surface area contributed by atoms with E-state index in [-0.39, 0.29) is 6.10 Å². The zero-order valence-corrected chi connectivity index (χ0v) is 12.0. The first kappa shape index (κ1) is 16.5. The second kappa shape index (κ2) is 9.56. The van der Waals surface area contributed by atoms with Crippen molar-refractivity contribution in [1.82, 2.24) is 0 Å². The maximum atomic E-state index is 6.02. The quantitative estimate of drug-likeness (QED) is 0.456. The molecule has 0 bridgehead atoms. The highest BCUT2D eigenvalue weighted by Gasteiger charge is 2.40. The summed E-state index contributed by atoms with van der Waals surface area (Å²) in [7, 11) is 0.683. The van der Waals surface area contributed by atoms with E-state index in [1.54, 1.807) is 14.2 Å². The van der Waals surface area contributed by atoms with E-state index in [1.165, 1.54) is 0 Å². The second-order valence-corrected chi connectivity index (χ2v) is 6.69. The topological polar surface area (TPSA) is 53.7 Å². The molecule has 0 fully saturated rings. The van der Waals surface area contributed by atoms with Crippen LogP contribution in [0.4, 0.5) is 0 Å². The zero-order valence-electron chi connectivity index (χ0n) is 11.0. The van der Waals surface area contributed by atoms with Crippen molar-refractivity contribution in [3.05, 3.63) is 25.3 Å². The van der Waals surface area contributed by atoms with E-state index >= 15 is 0 Å². The minimum absolute atomic E-state index is 0.0225. The van der Waals surface area contributed by atoms with Gasteiger partial charge in [-0.2, -0.15) is 0 Å². The molecule has 0 heterocycles. The van der Waals surface area contributed by atoms with Crippen LogP contribution in [-0.2, 0) is 13.3 Å². The first-order valence-electron chi connectivity index (χ1n) is 5.88. The zero-order chi connectivity index (χ0) is 13.1. The van der Waals surface area contributed by atoms with E-state index in [4.69, 9.17) is 19.0 Å². The fourth-order valence-electron chi connectivity index (χ4n) is 1.58. The van der Waals surface area contributed by atoms with Gasteiger partial charge in [-0.15, -0.1) is 13.2 Å². The molecule has 0 aromatic carbocycles. The Labute approximate surface area is 106 Å². The summed E-state index contributed by atoms with van der Waals surface area (Å²) in [5.41, 5.74) is 5.52. The van der Waals surface area contributed by atoms with Gasteiger partial charge >= 0.3 is 8.80 Å². The lowest BCUT2D eigenvalue weighted by atomic mass is 10.2. The Morgan fingerprint density at radius 3 is 2.06 bits per heavy atom. The summed E-state index contributed by atoms with van der Waals surface area (Å²) in [6.45, 7) is 8.06.